The number of ether oxygens (including phenoxy) is 1. The number of thiazole rings is 1. The zero-order valence-corrected chi connectivity index (χ0v) is 17.7. The number of hydrogen-bond donors (Lipinski definition) is 2. The lowest BCUT2D eigenvalue weighted by Gasteiger charge is -2.11. The molecule has 2 N–H and O–H groups in total. The van der Waals surface area contributed by atoms with Gasteiger partial charge in [0.05, 0.1) is 13.2 Å². The number of fused-ring (bicyclic) bond motifs is 1. The zero-order valence-electron chi connectivity index (χ0n) is 14.6. The Bertz CT molecular complexity index is 795. The average Bonchev–Trinajstić information content (AvgIpc) is 3.26. The lowest BCUT2D eigenvalue weighted by molar-refractivity contribution is -0.140. The molecule has 0 aliphatic carbocycles. The van der Waals surface area contributed by atoms with Crippen LogP contribution in [-0.4, -0.2) is 31.1 Å². The Labute approximate surface area is 176 Å². The normalized spacial score (nSPS) is 13.6. The summed E-state index contributed by atoms with van der Waals surface area (Å²) in [6.45, 7) is 1.59. The third-order valence-corrected chi connectivity index (χ3v) is 4.78. The summed E-state index contributed by atoms with van der Waals surface area (Å²) in [5.41, 5.74) is 1.57. The number of aromatic nitrogens is 1. The fraction of sp³-hybridized carbons (Fsp3) is 0.412. The maximum Gasteiger partial charge on any atom is 0.434 e. The molecule has 0 radical (unpaired) electrons. The van der Waals surface area contributed by atoms with Gasteiger partial charge in [0.2, 0.25) is 0 Å². The first-order valence-electron chi connectivity index (χ1n) is 8.16. The topological polar surface area (TPSA) is 58.5 Å². The van der Waals surface area contributed by atoms with Crippen LogP contribution < -0.4 is 15.4 Å². The van der Waals surface area contributed by atoms with Crippen molar-refractivity contribution in [3.05, 3.63) is 45.4 Å². The second-order valence-corrected chi connectivity index (χ2v) is 6.71. The second kappa shape index (κ2) is 9.58. The van der Waals surface area contributed by atoms with Gasteiger partial charge >= 0.3 is 6.18 Å². The summed E-state index contributed by atoms with van der Waals surface area (Å²) in [4.78, 5) is 7.66. The van der Waals surface area contributed by atoms with Gasteiger partial charge in [-0.25, -0.2) is 4.98 Å². The van der Waals surface area contributed by atoms with E-state index in [2.05, 4.69) is 26.7 Å². The number of guanidine groups is 1. The van der Waals surface area contributed by atoms with Gasteiger partial charge in [-0.2, -0.15) is 13.2 Å². The minimum atomic E-state index is -4.41. The first kappa shape index (κ1) is 21.7. The highest BCUT2D eigenvalue weighted by molar-refractivity contribution is 14.0. The zero-order chi connectivity index (χ0) is 18.6. The Hall–Kier alpha value is -1.56. The van der Waals surface area contributed by atoms with Gasteiger partial charge in [0.1, 0.15) is 10.8 Å². The smallest absolute Gasteiger partial charge is 0.434 e. The highest BCUT2D eigenvalue weighted by Gasteiger charge is 2.33. The van der Waals surface area contributed by atoms with Crippen LogP contribution in [0.1, 0.15) is 21.8 Å². The molecule has 0 fully saturated rings. The number of halogens is 4. The molecule has 5 nitrogen and oxygen atoms in total. The highest BCUT2D eigenvalue weighted by Crippen LogP contribution is 2.30. The number of hydrogen-bond acceptors (Lipinski definition) is 4. The van der Waals surface area contributed by atoms with Crippen LogP contribution in [0.3, 0.4) is 0 Å². The monoisotopic (exact) mass is 512 g/mol. The van der Waals surface area contributed by atoms with Crippen molar-refractivity contribution in [3.63, 3.8) is 0 Å². The van der Waals surface area contributed by atoms with E-state index in [1.54, 1.807) is 7.05 Å². The highest BCUT2D eigenvalue weighted by atomic mass is 127. The van der Waals surface area contributed by atoms with Gasteiger partial charge in [-0.3, -0.25) is 4.99 Å². The number of aliphatic imine (C=N–C) groups is 1. The molecular formula is C17H20F3IN4OS. The molecule has 0 atom stereocenters. The fourth-order valence-corrected chi connectivity index (χ4v) is 3.36. The summed E-state index contributed by atoms with van der Waals surface area (Å²) in [5.74, 6) is 1.49. The van der Waals surface area contributed by atoms with Crippen LogP contribution >= 0.6 is 35.3 Å². The number of alkyl halides is 3. The number of benzene rings is 1. The van der Waals surface area contributed by atoms with E-state index >= 15 is 0 Å². The van der Waals surface area contributed by atoms with Gasteiger partial charge in [0, 0.05) is 25.4 Å². The molecule has 10 heteroatoms. The van der Waals surface area contributed by atoms with Gasteiger partial charge in [-0.05, 0) is 23.6 Å². The summed E-state index contributed by atoms with van der Waals surface area (Å²) in [5, 5.41) is 7.51. The molecule has 27 heavy (non-hydrogen) atoms. The molecule has 2 aromatic rings. The van der Waals surface area contributed by atoms with Crippen molar-refractivity contribution in [2.45, 2.75) is 25.6 Å². The Morgan fingerprint density at radius 1 is 1.33 bits per heavy atom. The molecule has 1 aromatic carbocycles. The maximum atomic E-state index is 12.6. The predicted molar refractivity (Wildman–Crippen MR) is 110 cm³/mol. The van der Waals surface area contributed by atoms with Crippen LogP contribution in [0.15, 0.2) is 28.6 Å². The van der Waals surface area contributed by atoms with Crippen molar-refractivity contribution in [1.29, 1.82) is 0 Å². The average molecular weight is 512 g/mol. The van der Waals surface area contributed by atoms with E-state index in [-0.39, 0.29) is 30.5 Å². The third-order valence-electron chi connectivity index (χ3n) is 3.93. The van der Waals surface area contributed by atoms with Crippen LogP contribution in [0.4, 0.5) is 13.2 Å². The Morgan fingerprint density at radius 3 is 2.85 bits per heavy atom. The molecule has 1 aliphatic heterocycles. The second-order valence-electron chi connectivity index (χ2n) is 5.77. The largest absolute Gasteiger partial charge is 0.493 e. The fourth-order valence-electron chi connectivity index (χ4n) is 2.62. The van der Waals surface area contributed by atoms with Crippen LogP contribution in [0.25, 0.3) is 0 Å². The van der Waals surface area contributed by atoms with Crippen LogP contribution in [0.5, 0.6) is 5.75 Å². The lowest BCUT2D eigenvalue weighted by Crippen LogP contribution is -2.37. The van der Waals surface area contributed by atoms with E-state index in [9.17, 15) is 13.2 Å². The molecule has 0 saturated heterocycles. The number of rotatable bonds is 5. The van der Waals surface area contributed by atoms with Gasteiger partial charge in [-0.1, -0.05) is 12.1 Å². The van der Waals surface area contributed by atoms with E-state index in [0.717, 1.165) is 41.9 Å². The molecule has 0 amide bonds. The Balaban J connectivity index is 0.00000261. The minimum Gasteiger partial charge on any atom is -0.493 e. The first-order chi connectivity index (χ1) is 12.5. The minimum absolute atomic E-state index is 0. The molecule has 148 valence electrons. The lowest BCUT2D eigenvalue weighted by atomic mass is 10.1. The van der Waals surface area contributed by atoms with E-state index in [1.165, 1.54) is 11.1 Å². The first-order valence-corrected chi connectivity index (χ1v) is 9.04. The van der Waals surface area contributed by atoms with E-state index in [0.29, 0.717) is 17.5 Å². The molecular weight excluding hydrogens is 492 g/mol. The summed E-state index contributed by atoms with van der Waals surface area (Å²) >= 11 is 0.973. The van der Waals surface area contributed by atoms with E-state index < -0.39 is 11.9 Å². The number of nitrogens with one attached hydrogen (secondary N) is 2. The van der Waals surface area contributed by atoms with E-state index in [4.69, 9.17) is 4.74 Å². The maximum absolute atomic E-state index is 12.6. The molecule has 1 aromatic heterocycles. The molecule has 0 saturated carbocycles. The quantitative estimate of drug-likeness (QED) is 0.365. The number of nitrogens with zero attached hydrogens (tertiary/aromatic N) is 2. The van der Waals surface area contributed by atoms with Crippen molar-refractivity contribution in [2.75, 3.05) is 20.2 Å². The summed E-state index contributed by atoms with van der Waals surface area (Å²) in [6.07, 6.45) is -2.66. The van der Waals surface area contributed by atoms with Crippen molar-refractivity contribution >= 4 is 41.3 Å². The SMILES string of the molecule is CN=C(NCCc1ccc2c(c1)CCO2)NCc1nc(C(F)(F)F)cs1.I. The van der Waals surface area contributed by atoms with Gasteiger partial charge < -0.3 is 15.4 Å². The Morgan fingerprint density at radius 2 is 2.15 bits per heavy atom. The molecule has 0 spiro atoms. The van der Waals surface area contributed by atoms with Crippen LogP contribution in [-0.2, 0) is 25.6 Å². The summed E-state index contributed by atoms with van der Waals surface area (Å²) in [6, 6.07) is 6.18. The van der Waals surface area contributed by atoms with Crippen LogP contribution in [0, 0.1) is 0 Å². The van der Waals surface area contributed by atoms with Gasteiger partial charge in [-0.15, -0.1) is 35.3 Å². The van der Waals surface area contributed by atoms with Gasteiger partial charge in [0.25, 0.3) is 0 Å². The van der Waals surface area contributed by atoms with Crippen molar-refractivity contribution in [1.82, 2.24) is 15.6 Å². The molecule has 0 bridgehead atoms. The summed E-state index contributed by atoms with van der Waals surface area (Å²) in [7, 11) is 1.62. The molecule has 2 heterocycles. The third kappa shape index (κ3) is 5.96. The van der Waals surface area contributed by atoms with Crippen molar-refractivity contribution in [2.24, 2.45) is 4.99 Å². The van der Waals surface area contributed by atoms with E-state index in [1.807, 2.05) is 12.1 Å². The Kier molecular flexibility index (Phi) is 7.71. The van der Waals surface area contributed by atoms with Gasteiger partial charge in [0.15, 0.2) is 11.7 Å². The van der Waals surface area contributed by atoms with Crippen molar-refractivity contribution in [3.8, 4) is 5.75 Å². The summed E-state index contributed by atoms with van der Waals surface area (Å²) < 4.78 is 43.2. The standard InChI is InChI=1S/C17H19F3N4OS.HI/c1-21-16(23-9-15-24-14(10-26-15)17(18,19)20)22-6-4-11-2-3-13-12(8-11)5-7-25-13;/h2-3,8,10H,4-7,9H2,1H3,(H2,21,22,23);1H. The van der Waals surface area contributed by atoms with Crippen molar-refractivity contribution < 1.29 is 17.9 Å². The molecule has 0 unspecified atom stereocenters. The molecule has 1 aliphatic rings. The predicted octanol–water partition coefficient (Wildman–Crippen LogP) is 3.62. The molecule has 3 rings (SSSR count). The van der Waals surface area contributed by atoms with Crippen LogP contribution in [0.2, 0.25) is 0 Å².